The predicted molar refractivity (Wildman–Crippen MR) is 111 cm³/mol. The SMILES string of the molecule is COc1ccc2c(C)c(CCC(=O)NC(CCSC)C(=O)O)c(=O)oc2c1OC. The summed E-state index contributed by atoms with van der Waals surface area (Å²) in [5, 5.41) is 12.4. The highest BCUT2D eigenvalue weighted by molar-refractivity contribution is 7.98. The molecule has 0 aliphatic carbocycles. The fourth-order valence-electron chi connectivity index (χ4n) is 3.05. The Morgan fingerprint density at radius 1 is 1.28 bits per heavy atom. The van der Waals surface area contributed by atoms with Gasteiger partial charge in [0, 0.05) is 17.4 Å². The topological polar surface area (TPSA) is 115 Å². The third-order valence-corrected chi connectivity index (χ3v) is 5.29. The average molecular weight is 423 g/mol. The zero-order valence-corrected chi connectivity index (χ0v) is 17.7. The Morgan fingerprint density at radius 3 is 2.59 bits per heavy atom. The van der Waals surface area contributed by atoms with E-state index in [1.807, 2.05) is 6.26 Å². The van der Waals surface area contributed by atoms with Crippen molar-refractivity contribution in [2.45, 2.75) is 32.2 Å². The molecule has 0 aliphatic rings. The minimum Gasteiger partial charge on any atom is -0.493 e. The molecule has 0 radical (unpaired) electrons. The molecule has 1 aromatic heterocycles. The van der Waals surface area contributed by atoms with E-state index in [1.165, 1.54) is 26.0 Å². The van der Waals surface area contributed by atoms with Crippen molar-refractivity contribution in [1.29, 1.82) is 0 Å². The second-order valence-corrected chi connectivity index (χ2v) is 7.40. The van der Waals surface area contributed by atoms with E-state index >= 15 is 0 Å². The van der Waals surface area contributed by atoms with Gasteiger partial charge in [-0.15, -0.1) is 0 Å². The van der Waals surface area contributed by atoms with Gasteiger partial charge in [0.1, 0.15) is 6.04 Å². The number of fused-ring (bicyclic) bond motifs is 1. The number of thioether (sulfide) groups is 1. The first-order valence-electron chi connectivity index (χ1n) is 9.02. The van der Waals surface area contributed by atoms with E-state index in [9.17, 15) is 19.5 Å². The van der Waals surface area contributed by atoms with Crippen LogP contribution >= 0.6 is 11.8 Å². The molecule has 0 aliphatic heterocycles. The van der Waals surface area contributed by atoms with Crippen LogP contribution in [0.4, 0.5) is 0 Å². The van der Waals surface area contributed by atoms with Crippen LogP contribution in [0.2, 0.25) is 0 Å². The minimum absolute atomic E-state index is 0.0204. The molecule has 2 N–H and O–H groups in total. The number of amides is 1. The second-order valence-electron chi connectivity index (χ2n) is 6.41. The first-order valence-corrected chi connectivity index (χ1v) is 10.4. The summed E-state index contributed by atoms with van der Waals surface area (Å²) in [7, 11) is 2.95. The van der Waals surface area contributed by atoms with Crippen molar-refractivity contribution in [2.75, 3.05) is 26.2 Å². The summed E-state index contributed by atoms with van der Waals surface area (Å²) >= 11 is 1.51. The summed E-state index contributed by atoms with van der Waals surface area (Å²) < 4.78 is 16.0. The van der Waals surface area contributed by atoms with E-state index in [-0.39, 0.29) is 18.4 Å². The van der Waals surface area contributed by atoms with E-state index < -0.39 is 23.5 Å². The highest BCUT2D eigenvalue weighted by Gasteiger charge is 2.21. The first kappa shape index (κ1) is 22.6. The number of rotatable bonds is 10. The van der Waals surface area contributed by atoms with Crippen molar-refractivity contribution in [3.63, 3.8) is 0 Å². The maximum absolute atomic E-state index is 12.5. The molecule has 0 spiro atoms. The van der Waals surface area contributed by atoms with Crippen LogP contribution in [-0.4, -0.2) is 49.3 Å². The number of carboxylic acid groups (broad SMARTS) is 1. The molecule has 0 saturated carbocycles. The summed E-state index contributed by atoms with van der Waals surface area (Å²) in [5.41, 5.74) is 0.773. The second kappa shape index (κ2) is 10.2. The van der Waals surface area contributed by atoms with Crippen LogP contribution in [0.5, 0.6) is 11.5 Å². The Labute approximate surface area is 172 Å². The number of carbonyl (C=O) groups excluding carboxylic acids is 1. The van der Waals surface area contributed by atoms with Gasteiger partial charge < -0.3 is 24.3 Å². The smallest absolute Gasteiger partial charge is 0.339 e. The highest BCUT2D eigenvalue weighted by atomic mass is 32.2. The number of carbonyl (C=O) groups is 2. The van der Waals surface area contributed by atoms with Crippen LogP contribution in [0.3, 0.4) is 0 Å². The molecule has 8 nitrogen and oxygen atoms in total. The van der Waals surface area contributed by atoms with Gasteiger partial charge in [-0.2, -0.15) is 11.8 Å². The largest absolute Gasteiger partial charge is 0.493 e. The van der Waals surface area contributed by atoms with Crippen molar-refractivity contribution in [2.24, 2.45) is 0 Å². The lowest BCUT2D eigenvalue weighted by atomic mass is 10.0. The van der Waals surface area contributed by atoms with Crippen LogP contribution in [0.25, 0.3) is 11.0 Å². The third-order valence-electron chi connectivity index (χ3n) is 4.64. The van der Waals surface area contributed by atoms with E-state index in [1.54, 1.807) is 19.1 Å². The van der Waals surface area contributed by atoms with Gasteiger partial charge in [0.2, 0.25) is 11.7 Å². The van der Waals surface area contributed by atoms with Crippen LogP contribution in [-0.2, 0) is 16.0 Å². The summed E-state index contributed by atoms with van der Waals surface area (Å²) in [5.74, 6) is -0.109. The molecular weight excluding hydrogens is 398 g/mol. The van der Waals surface area contributed by atoms with Gasteiger partial charge in [0.25, 0.3) is 0 Å². The van der Waals surface area contributed by atoms with Crippen LogP contribution in [0.15, 0.2) is 21.3 Å². The van der Waals surface area contributed by atoms with Crippen LogP contribution < -0.4 is 20.4 Å². The Balaban J connectivity index is 2.23. The van der Waals surface area contributed by atoms with Gasteiger partial charge >= 0.3 is 11.6 Å². The standard InChI is InChI=1S/C20H25NO7S/c1-11-12-5-7-15(26-2)18(27-3)17(12)28-20(25)13(11)6-8-16(22)21-14(19(23)24)9-10-29-4/h5,7,14H,6,8-10H2,1-4H3,(H,21,22)(H,23,24). The highest BCUT2D eigenvalue weighted by Crippen LogP contribution is 2.36. The van der Waals surface area contributed by atoms with Gasteiger partial charge in [-0.3, -0.25) is 4.79 Å². The van der Waals surface area contributed by atoms with Crippen molar-refractivity contribution in [3.05, 3.63) is 33.7 Å². The minimum atomic E-state index is -1.07. The molecule has 0 fully saturated rings. The van der Waals surface area contributed by atoms with Gasteiger partial charge in [-0.1, -0.05) is 0 Å². The Bertz CT molecular complexity index is 954. The Hall–Kier alpha value is -2.68. The third kappa shape index (κ3) is 5.23. The van der Waals surface area contributed by atoms with E-state index in [2.05, 4.69) is 5.32 Å². The zero-order chi connectivity index (χ0) is 21.6. The van der Waals surface area contributed by atoms with E-state index in [0.717, 1.165) is 0 Å². The maximum Gasteiger partial charge on any atom is 0.339 e. The van der Waals surface area contributed by atoms with E-state index in [0.29, 0.717) is 40.2 Å². The predicted octanol–water partition coefficient (Wildman–Crippen LogP) is 2.37. The number of nitrogens with one attached hydrogen (secondary N) is 1. The number of carboxylic acids is 1. The number of aliphatic carboxylic acids is 1. The fourth-order valence-corrected chi connectivity index (χ4v) is 3.52. The van der Waals surface area contributed by atoms with Gasteiger partial charge in [0.15, 0.2) is 11.3 Å². The number of aryl methyl sites for hydroxylation is 1. The van der Waals surface area contributed by atoms with Gasteiger partial charge in [0.05, 0.1) is 14.2 Å². The Kier molecular flexibility index (Phi) is 7.95. The normalized spacial score (nSPS) is 11.9. The zero-order valence-electron chi connectivity index (χ0n) is 16.9. The lowest BCUT2D eigenvalue weighted by Crippen LogP contribution is -2.41. The molecule has 2 rings (SSSR count). The van der Waals surface area contributed by atoms with Crippen molar-refractivity contribution in [1.82, 2.24) is 5.32 Å². The molecular formula is C20H25NO7S. The molecule has 29 heavy (non-hydrogen) atoms. The van der Waals surface area contributed by atoms with Gasteiger partial charge in [-0.25, -0.2) is 9.59 Å². The van der Waals surface area contributed by atoms with E-state index in [4.69, 9.17) is 13.9 Å². The van der Waals surface area contributed by atoms with Crippen LogP contribution in [0, 0.1) is 6.92 Å². The fraction of sp³-hybridized carbons (Fsp3) is 0.450. The van der Waals surface area contributed by atoms with Crippen molar-refractivity contribution >= 4 is 34.6 Å². The summed E-state index contributed by atoms with van der Waals surface area (Å²) in [6, 6.07) is 2.54. The number of benzene rings is 1. The quantitative estimate of drug-likeness (QED) is 0.560. The number of methoxy groups -OCH3 is 2. The molecule has 1 aromatic carbocycles. The average Bonchev–Trinajstić information content (AvgIpc) is 2.69. The first-order chi connectivity index (χ1) is 13.8. The molecule has 1 atom stereocenters. The summed E-state index contributed by atoms with van der Waals surface area (Å²) in [6.07, 6.45) is 2.32. The number of hydrogen-bond donors (Lipinski definition) is 2. The molecule has 158 valence electrons. The number of ether oxygens (including phenoxy) is 2. The molecule has 0 saturated heterocycles. The lowest BCUT2D eigenvalue weighted by molar-refractivity contribution is -0.141. The molecule has 1 heterocycles. The number of hydrogen-bond acceptors (Lipinski definition) is 7. The van der Waals surface area contributed by atoms with Crippen molar-refractivity contribution in [3.8, 4) is 11.5 Å². The maximum atomic E-state index is 12.5. The monoisotopic (exact) mass is 423 g/mol. The summed E-state index contributed by atoms with van der Waals surface area (Å²) in [4.78, 5) is 36.0. The lowest BCUT2D eigenvalue weighted by Gasteiger charge is -2.15. The molecule has 1 amide bonds. The van der Waals surface area contributed by atoms with Crippen LogP contribution in [0.1, 0.15) is 24.0 Å². The molecule has 2 aromatic rings. The Morgan fingerprint density at radius 2 is 2.00 bits per heavy atom. The molecule has 0 bridgehead atoms. The van der Waals surface area contributed by atoms with Gasteiger partial charge in [-0.05, 0) is 49.5 Å². The summed E-state index contributed by atoms with van der Waals surface area (Å²) in [6.45, 7) is 1.77. The van der Waals surface area contributed by atoms with Crippen molar-refractivity contribution < 1.29 is 28.6 Å². The molecule has 9 heteroatoms. The molecule has 1 unspecified atom stereocenters.